The van der Waals surface area contributed by atoms with Gasteiger partial charge in [-0.15, -0.1) is 0 Å². The van der Waals surface area contributed by atoms with E-state index in [0.717, 1.165) is 44.9 Å². The third-order valence-electron chi connectivity index (χ3n) is 11.3. The minimum atomic E-state index is -1.16. The molecule has 0 aliphatic heterocycles. The van der Waals surface area contributed by atoms with E-state index in [1.54, 1.807) is 0 Å². The highest BCUT2D eigenvalue weighted by molar-refractivity contribution is 5.76. The number of carbonyl (C=O) groups excluding carboxylic acids is 1. The van der Waals surface area contributed by atoms with Gasteiger partial charge in [0, 0.05) is 6.42 Å². The fraction of sp³-hybridized carbons (Fsp3) is 0.898. The van der Waals surface area contributed by atoms with Crippen molar-refractivity contribution in [2.75, 3.05) is 6.61 Å². The zero-order valence-corrected chi connectivity index (χ0v) is 36.4. The molecule has 0 spiro atoms. The number of allylic oxidation sites excluding steroid dienone is 4. The molecule has 0 aliphatic rings. The zero-order chi connectivity index (χ0) is 39.4. The molecule has 5 heteroatoms. The van der Waals surface area contributed by atoms with Crippen molar-refractivity contribution in [3.05, 3.63) is 24.3 Å². The maximum atomic E-state index is 12.4. The van der Waals surface area contributed by atoms with Crippen LogP contribution in [0.15, 0.2) is 24.3 Å². The zero-order valence-electron chi connectivity index (χ0n) is 36.4. The van der Waals surface area contributed by atoms with E-state index in [0.29, 0.717) is 12.8 Å². The van der Waals surface area contributed by atoms with Gasteiger partial charge in [-0.1, -0.05) is 224 Å². The van der Waals surface area contributed by atoms with E-state index in [2.05, 4.69) is 43.5 Å². The number of nitrogens with one attached hydrogen (secondary N) is 1. The average Bonchev–Trinajstić information content (AvgIpc) is 3.18. The highest BCUT2D eigenvalue weighted by Crippen LogP contribution is 2.16. The standard InChI is InChI=1S/C49H95NO4/c1-3-5-7-9-11-13-15-17-19-21-22-23-24-25-26-28-29-31-33-35-37-39-41-43-47(52)49(54)46(45-51)50-48(53)44-42-40-38-36-34-32-30-27-20-18-16-14-12-10-8-6-4-2/h28-29,35,37,46-47,49,51-52,54H,3-27,30-34,36,38-45H2,1-2H3,(H,50,53)/b29-28+,37-35+. The van der Waals surface area contributed by atoms with Crippen molar-refractivity contribution in [3.8, 4) is 0 Å². The van der Waals surface area contributed by atoms with Crippen LogP contribution < -0.4 is 5.32 Å². The minimum Gasteiger partial charge on any atom is -0.394 e. The number of carbonyl (C=O) groups is 1. The van der Waals surface area contributed by atoms with Gasteiger partial charge in [-0.3, -0.25) is 4.79 Å². The summed E-state index contributed by atoms with van der Waals surface area (Å²) in [5, 5.41) is 33.6. The van der Waals surface area contributed by atoms with Crippen molar-refractivity contribution >= 4 is 5.91 Å². The normalized spacial score (nSPS) is 13.6. The Kier molecular flexibility index (Phi) is 43.6. The van der Waals surface area contributed by atoms with Gasteiger partial charge < -0.3 is 20.6 Å². The number of aliphatic hydroxyl groups is 3. The van der Waals surface area contributed by atoms with Gasteiger partial charge in [-0.25, -0.2) is 0 Å². The average molecular weight is 762 g/mol. The number of hydrogen-bond acceptors (Lipinski definition) is 4. The Morgan fingerprint density at radius 2 is 0.759 bits per heavy atom. The van der Waals surface area contributed by atoms with Crippen LogP contribution in [-0.4, -0.2) is 46.1 Å². The van der Waals surface area contributed by atoms with E-state index in [1.165, 1.54) is 186 Å². The summed E-state index contributed by atoms with van der Waals surface area (Å²) in [6.07, 6.45) is 54.4. The van der Waals surface area contributed by atoms with Gasteiger partial charge in [-0.05, 0) is 51.4 Å². The van der Waals surface area contributed by atoms with E-state index in [1.807, 2.05) is 0 Å². The molecule has 0 aromatic carbocycles. The molecule has 320 valence electrons. The molecule has 0 heterocycles. The lowest BCUT2D eigenvalue weighted by atomic mass is 10.0. The van der Waals surface area contributed by atoms with Gasteiger partial charge in [0.05, 0.1) is 18.8 Å². The van der Waals surface area contributed by atoms with Crippen LogP contribution in [0.1, 0.15) is 258 Å². The Bertz CT molecular complexity index is 799. The van der Waals surface area contributed by atoms with Crippen LogP contribution in [0.5, 0.6) is 0 Å². The molecule has 0 saturated carbocycles. The summed E-state index contributed by atoms with van der Waals surface area (Å²) in [5.74, 6) is -0.155. The molecular weight excluding hydrogens is 667 g/mol. The predicted octanol–water partition coefficient (Wildman–Crippen LogP) is 14.2. The Hall–Kier alpha value is -1.17. The summed E-state index contributed by atoms with van der Waals surface area (Å²) in [5.41, 5.74) is 0. The summed E-state index contributed by atoms with van der Waals surface area (Å²) in [7, 11) is 0. The van der Waals surface area contributed by atoms with Gasteiger partial charge in [0.25, 0.3) is 0 Å². The van der Waals surface area contributed by atoms with Crippen molar-refractivity contribution in [1.82, 2.24) is 5.32 Å². The van der Waals surface area contributed by atoms with Gasteiger partial charge in [0.1, 0.15) is 6.10 Å². The first kappa shape index (κ1) is 52.8. The van der Waals surface area contributed by atoms with Crippen molar-refractivity contribution in [3.63, 3.8) is 0 Å². The second kappa shape index (κ2) is 44.5. The highest BCUT2D eigenvalue weighted by Gasteiger charge is 2.26. The van der Waals surface area contributed by atoms with Crippen molar-refractivity contribution < 1.29 is 20.1 Å². The van der Waals surface area contributed by atoms with Crippen LogP contribution in [0.2, 0.25) is 0 Å². The Labute approximate surface area is 337 Å². The van der Waals surface area contributed by atoms with Gasteiger partial charge in [0.15, 0.2) is 0 Å². The molecule has 0 rings (SSSR count). The molecule has 5 nitrogen and oxygen atoms in total. The molecule has 3 unspecified atom stereocenters. The molecular formula is C49H95NO4. The van der Waals surface area contributed by atoms with Gasteiger partial charge in [-0.2, -0.15) is 0 Å². The molecule has 0 radical (unpaired) electrons. The van der Waals surface area contributed by atoms with Crippen molar-refractivity contribution in [1.29, 1.82) is 0 Å². The fourth-order valence-electron chi connectivity index (χ4n) is 7.53. The lowest BCUT2D eigenvalue weighted by Gasteiger charge is -2.26. The Balaban J connectivity index is 3.64. The van der Waals surface area contributed by atoms with E-state index in [-0.39, 0.29) is 12.5 Å². The summed E-state index contributed by atoms with van der Waals surface area (Å²) in [6, 6.07) is -0.829. The van der Waals surface area contributed by atoms with Gasteiger partial charge in [0.2, 0.25) is 5.91 Å². The van der Waals surface area contributed by atoms with Crippen LogP contribution in [0.4, 0.5) is 0 Å². The molecule has 0 fully saturated rings. The number of rotatable bonds is 44. The first-order chi connectivity index (χ1) is 26.6. The van der Waals surface area contributed by atoms with Crippen LogP contribution in [0.3, 0.4) is 0 Å². The van der Waals surface area contributed by atoms with Crippen LogP contribution in [0.25, 0.3) is 0 Å². The second-order valence-electron chi connectivity index (χ2n) is 16.7. The summed E-state index contributed by atoms with van der Waals surface area (Å²) in [4.78, 5) is 12.4. The molecule has 0 aliphatic carbocycles. The summed E-state index contributed by atoms with van der Waals surface area (Å²) < 4.78 is 0. The maximum Gasteiger partial charge on any atom is 0.220 e. The molecule has 3 atom stereocenters. The van der Waals surface area contributed by atoms with Crippen molar-refractivity contribution in [2.45, 2.75) is 276 Å². The van der Waals surface area contributed by atoms with Crippen molar-refractivity contribution in [2.24, 2.45) is 0 Å². The summed E-state index contributed by atoms with van der Waals surface area (Å²) in [6.45, 7) is 4.18. The molecule has 1 amide bonds. The molecule has 0 aromatic rings. The monoisotopic (exact) mass is 762 g/mol. The first-order valence-electron chi connectivity index (χ1n) is 24.1. The SMILES string of the molecule is CCCCCCCCCCCCCCCC/C=C/CC/C=C/CCCC(O)C(O)C(CO)NC(=O)CCCCCCCCCCCCCCCCCCC. The third kappa shape index (κ3) is 39.1. The largest absolute Gasteiger partial charge is 0.394 e. The van der Waals surface area contributed by atoms with Crippen LogP contribution >= 0.6 is 0 Å². The smallest absolute Gasteiger partial charge is 0.220 e. The number of hydrogen-bond donors (Lipinski definition) is 4. The van der Waals surface area contributed by atoms with Crippen LogP contribution in [0, 0.1) is 0 Å². The molecule has 0 aromatic heterocycles. The molecule has 0 saturated heterocycles. The number of amides is 1. The van der Waals surface area contributed by atoms with E-state index in [4.69, 9.17) is 0 Å². The number of aliphatic hydroxyl groups excluding tert-OH is 3. The quantitative estimate of drug-likeness (QED) is 0.0368. The van der Waals surface area contributed by atoms with E-state index < -0.39 is 18.2 Å². The van der Waals surface area contributed by atoms with Gasteiger partial charge >= 0.3 is 0 Å². The Morgan fingerprint density at radius 3 is 1.13 bits per heavy atom. The van der Waals surface area contributed by atoms with E-state index >= 15 is 0 Å². The lowest BCUT2D eigenvalue weighted by molar-refractivity contribution is -0.124. The second-order valence-corrected chi connectivity index (χ2v) is 16.7. The van der Waals surface area contributed by atoms with Crippen LogP contribution in [-0.2, 0) is 4.79 Å². The molecule has 54 heavy (non-hydrogen) atoms. The maximum absolute atomic E-state index is 12.4. The Morgan fingerprint density at radius 1 is 0.444 bits per heavy atom. The first-order valence-corrected chi connectivity index (χ1v) is 24.1. The fourth-order valence-corrected chi connectivity index (χ4v) is 7.53. The van der Waals surface area contributed by atoms with E-state index in [9.17, 15) is 20.1 Å². The summed E-state index contributed by atoms with van der Waals surface area (Å²) >= 11 is 0. The highest BCUT2D eigenvalue weighted by atomic mass is 16.3. The minimum absolute atomic E-state index is 0.155. The topological polar surface area (TPSA) is 89.8 Å². The number of unbranched alkanes of at least 4 members (excludes halogenated alkanes) is 32. The molecule has 0 bridgehead atoms. The lowest BCUT2D eigenvalue weighted by Crippen LogP contribution is -2.50. The molecule has 4 N–H and O–H groups in total. The third-order valence-corrected chi connectivity index (χ3v) is 11.3. The predicted molar refractivity (Wildman–Crippen MR) is 236 cm³/mol.